The van der Waals surface area contributed by atoms with Crippen molar-refractivity contribution in [2.45, 2.75) is 13.8 Å². The van der Waals surface area contributed by atoms with E-state index in [9.17, 15) is 10.4 Å². The van der Waals surface area contributed by atoms with Crippen LogP contribution >= 0.6 is 0 Å². The molecule has 2 rings (SSSR count). The van der Waals surface area contributed by atoms with Gasteiger partial charge in [0.05, 0.1) is 16.8 Å². The highest BCUT2D eigenvalue weighted by Gasteiger charge is 2.34. The van der Waals surface area contributed by atoms with Crippen molar-refractivity contribution in [1.82, 2.24) is 0 Å². The third-order valence-electron chi connectivity index (χ3n) is 3.48. The summed E-state index contributed by atoms with van der Waals surface area (Å²) in [6.07, 6.45) is 0. The number of rotatable bonds is 4. The molecule has 0 radical (unpaired) electrons. The Bertz CT molecular complexity index is 590. The Morgan fingerprint density at radius 1 is 0.714 bits per heavy atom. The van der Waals surface area contributed by atoms with E-state index in [0.717, 1.165) is 11.1 Å². The van der Waals surface area contributed by atoms with Crippen molar-refractivity contribution < 1.29 is 10.4 Å². The Hall–Kier alpha value is -2.62. The summed E-state index contributed by atoms with van der Waals surface area (Å²) in [5, 5.41) is 25.8. The summed E-state index contributed by atoms with van der Waals surface area (Å²) in [5.74, 6) is 0. The molecule has 0 spiro atoms. The van der Waals surface area contributed by atoms with Crippen LogP contribution in [-0.4, -0.2) is 21.8 Å². The predicted molar refractivity (Wildman–Crippen MR) is 83.3 cm³/mol. The van der Waals surface area contributed by atoms with Gasteiger partial charge < -0.3 is 10.4 Å². The zero-order valence-electron chi connectivity index (χ0n) is 12.1. The molecule has 4 nitrogen and oxygen atoms in total. The van der Waals surface area contributed by atoms with E-state index >= 15 is 0 Å². The second-order valence-corrected chi connectivity index (χ2v) is 5.25. The number of hydrogen-bond acceptors (Lipinski definition) is 4. The number of benzene rings is 2. The lowest BCUT2D eigenvalue weighted by atomic mass is 9.76. The maximum atomic E-state index is 9.46. The Balaban J connectivity index is 2.49. The molecular formula is C17H18N2O2. The van der Waals surface area contributed by atoms with E-state index < -0.39 is 5.41 Å². The van der Waals surface area contributed by atoms with Gasteiger partial charge >= 0.3 is 0 Å². The molecule has 2 aromatic rings. The molecule has 0 heterocycles. The fourth-order valence-corrected chi connectivity index (χ4v) is 2.39. The molecule has 0 aliphatic carbocycles. The summed E-state index contributed by atoms with van der Waals surface area (Å²) in [4.78, 5) is 0. The fraction of sp³-hybridized carbons (Fsp3) is 0.176. The first kappa shape index (κ1) is 14.8. The lowest BCUT2D eigenvalue weighted by molar-refractivity contribution is 0.307. The highest BCUT2D eigenvalue weighted by atomic mass is 16.4. The topological polar surface area (TPSA) is 65.2 Å². The Kier molecular flexibility index (Phi) is 4.38. The lowest BCUT2D eigenvalue weighted by Gasteiger charge is -2.27. The molecule has 0 aliphatic heterocycles. The van der Waals surface area contributed by atoms with Crippen LogP contribution in [-0.2, 0) is 0 Å². The Morgan fingerprint density at radius 2 is 1.05 bits per heavy atom. The van der Waals surface area contributed by atoms with Crippen LogP contribution in [0.3, 0.4) is 0 Å². The van der Waals surface area contributed by atoms with Crippen molar-refractivity contribution in [2.24, 2.45) is 15.7 Å². The van der Waals surface area contributed by atoms with Crippen molar-refractivity contribution in [2.75, 3.05) is 0 Å². The largest absolute Gasteiger partial charge is 0.411 e. The van der Waals surface area contributed by atoms with Crippen molar-refractivity contribution in [3.63, 3.8) is 0 Å². The van der Waals surface area contributed by atoms with Gasteiger partial charge in [0.25, 0.3) is 0 Å². The van der Waals surface area contributed by atoms with Gasteiger partial charge in [-0.1, -0.05) is 71.0 Å². The molecule has 0 saturated carbocycles. The molecule has 0 fully saturated rings. The summed E-state index contributed by atoms with van der Waals surface area (Å²) in [6.45, 7) is 3.72. The normalized spacial score (nSPS) is 13.2. The number of oxime groups is 2. The summed E-state index contributed by atoms with van der Waals surface area (Å²) >= 11 is 0. The third-order valence-corrected chi connectivity index (χ3v) is 3.48. The van der Waals surface area contributed by atoms with Crippen LogP contribution in [0, 0.1) is 5.41 Å². The van der Waals surface area contributed by atoms with Crippen molar-refractivity contribution in [3.05, 3.63) is 71.8 Å². The zero-order valence-corrected chi connectivity index (χ0v) is 12.1. The summed E-state index contributed by atoms with van der Waals surface area (Å²) in [5.41, 5.74) is 1.69. The van der Waals surface area contributed by atoms with E-state index in [4.69, 9.17) is 0 Å². The van der Waals surface area contributed by atoms with Gasteiger partial charge in [0.2, 0.25) is 0 Å². The molecule has 2 N–H and O–H groups in total. The van der Waals surface area contributed by atoms with Crippen LogP contribution < -0.4 is 0 Å². The van der Waals surface area contributed by atoms with Crippen molar-refractivity contribution in [1.29, 1.82) is 0 Å². The van der Waals surface area contributed by atoms with Gasteiger partial charge in [-0.05, 0) is 13.8 Å². The van der Waals surface area contributed by atoms with Gasteiger partial charge in [0.15, 0.2) is 0 Å². The molecule has 4 heteroatoms. The summed E-state index contributed by atoms with van der Waals surface area (Å²) < 4.78 is 0. The van der Waals surface area contributed by atoms with Gasteiger partial charge in [-0.15, -0.1) is 0 Å². The second-order valence-electron chi connectivity index (χ2n) is 5.25. The Labute approximate surface area is 124 Å². The van der Waals surface area contributed by atoms with E-state index in [1.807, 2.05) is 74.5 Å². The SMILES string of the molecule is CC(C)(/C(=N/O)c1ccccc1)/C(=N/O)c1ccccc1. The van der Waals surface area contributed by atoms with Crippen LogP contribution in [0.5, 0.6) is 0 Å². The highest BCUT2D eigenvalue weighted by Crippen LogP contribution is 2.28. The summed E-state index contributed by atoms with van der Waals surface area (Å²) in [7, 11) is 0. The third kappa shape index (κ3) is 2.94. The van der Waals surface area contributed by atoms with Gasteiger partial charge in [0.1, 0.15) is 0 Å². The number of nitrogens with zero attached hydrogens (tertiary/aromatic N) is 2. The maximum absolute atomic E-state index is 9.46. The molecule has 0 saturated heterocycles. The molecule has 21 heavy (non-hydrogen) atoms. The minimum Gasteiger partial charge on any atom is -0.411 e. The van der Waals surface area contributed by atoms with Crippen LogP contribution in [0.1, 0.15) is 25.0 Å². The highest BCUT2D eigenvalue weighted by molar-refractivity contribution is 6.22. The van der Waals surface area contributed by atoms with Gasteiger partial charge in [-0.25, -0.2) is 0 Å². The molecule has 0 bridgehead atoms. The standard InChI is InChI=1S/C17H18N2O2/c1-17(2,15(18-20)13-9-5-3-6-10-13)16(19-21)14-11-7-4-8-12-14/h3-12,20-21H,1-2H3/b18-15+,19-16+. The maximum Gasteiger partial charge on any atom is 0.0984 e. The molecule has 0 unspecified atom stereocenters. The average Bonchev–Trinajstić information content (AvgIpc) is 2.50. The van der Waals surface area contributed by atoms with Gasteiger partial charge in [-0.2, -0.15) is 0 Å². The molecule has 0 atom stereocenters. The smallest absolute Gasteiger partial charge is 0.0984 e. The van der Waals surface area contributed by atoms with Gasteiger partial charge in [-0.3, -0.25) is 0 Å². The minimum atomic E-state index is -0.758. The lowest BCUT2D eigenvalue weighted by Crippen LogP contribution is -2.35. The van der Waals surface area contributed by atoms with Crippen LogP contribution in [0.25, 0.3) is 0 Å². The second kappa shape index (κ2) is 6.22. The van der Waals surface area contributed by atoms with E-state index in [2.05, 4.69) is 10.3 Å². The molecule has 0 aromatic heterocycles. The fourth-order valence-electron chi connectivity index (χ4n) is 2.39. The monoisotopic (exact) mass is 282 g/mol. The van der Waals surface area contributed by atoms with Crippen LogP contribution in [0.4, 0.5) is 0 Å². The minimum absolute atomic E-state index is 0.444. The first-order chi connectivity index (χ1) is 10.1. The first-order valence-corrected chi connectivity index (χ1v) is 6.67. The van der Waals surface area contributed by atoms with Crippen molar-refractivity contribution >= 4 is 11.4 Å². The van der Waals surface area contributed by atoms with E-state index in [1.54, 1.807) is 0 Å². The summed E-state index contributed by atoms with van der Waals surface area (Å²) in [6, 6.07) is 18.7. The van der Waals surface area contributed by atoms with Crippen LogP contribution in [0.2, 0.25) is 0 Å². The van der Waals surface area contributed by atoms with Gasteiger partial charge in [0, 0.05) is 11.1 Å². The first-order valence-electron chi connectivity index (χ1n) is 6.67. The molecule has 108 valence electrons. The molecule has 0 amide bonds. The quantitative estimate of drug-likeness (QED) is 0.509. The zero-order chi connectivity index (χ0) is 15.3. The van der Waals surface area contributed by atoms with E-state index in [-0.39, 0.29) is 0 Å². The average molecular weight is 282 g/mol. The van der Waals surface area contributed by atoms with E-state index in [0.29, 0.717) is 11.4 Å². The molecule has 0 aliphatic rings. The predicted octanol–water partition coefficient (Wildman–Crippen LogP) is 3.77. The molecule has 2 aromatic carbocycles. The van der Waals surface area contributed by atoms with Crippen LogP contribution in [0.15, 0.2) is 71.0 Å². The van der Waals surface area contributed by atoms with E-state index in [1.165, 1.54) is 0 Å². The molecular weight excluding hydrogens is 264 g/mol. The number of hydrogen-bond donors (Lipinski definition) is 2. The Morgan fingerprint density at radius 3 is 1.33 bits per heavy atom. The van der Waals surface area contributed by atoms with Crippen molar-refractivity contribution in [3.8, 4) is 0 Å².